The van der Waals surface area contributed by atoms with Gasteiger partial charge in [-0.3, -0.25) is 9.59 Å². The van der Waals surface area contributed by atoms with Crippen LogP contribution in [0.25, 0.3) is 11.1 Å². The molecule has 0 amide bonds. The van der Waals surface area contributed by atoms with Crippen LogP contribution in [0.4, 0.5) is 17.1 Å². The van der Waals surface area contributed by atoms with Crippen LogP contribution in [0.15, 0.2) is 124 Å². The van der Waals surface area contributed by atoms with E-state index in [9.17, 15) is 9.59 Å². The van der Waals surface area contributed by atoms with E-state index in [4.69, 9.17) is 0 Å². The first-order chi connectivity index (χ1) is 18.0. The smallest absolute Gasteiger partial charge is 0.194 e. The Morgan fingerprint density at radius 1 is 0.432 bits per heavy atom. The van der Waals surface area contributed by atoms with E-state index in [2.05, 4.69) is 73.2 Å². The maximum Gasteiger partial charge on any atom is 0.194 e. The zero-order valence-corrected chi connectivity index (χ0v) is 22.7. The number of benzene rings is 5. The van der Waals surface area contributed by atoms with Crippen molar-refractivity contribution in [3.63, 3.8) is 0 Å². The average molecular weight is 609 g/mol. The molecule has 37 heavy (non-hydrogen) atoms. The van der Waals surface area contributed by atoms with Gasteiger partial charge >= 0.3 is 0 Å². The Balaban J connectivity index is 1.38. The van der Waals surface area contributed by atoms with Gasteiger partial charge in [-0.25, -0.2) is 0 Å². The van der Waals surface area contributed by atoms with Gasteiger partial charge in [-0.2, -0.15) is 0 Å². The lowest BCUT2D eigenvalue weighted by atomic mass is 9.83. The second-order valence-corrected chi connectivity index (χ2v) is 10.6. The minimum Gasteiger partial charge on any atom is -0.311 e. The summed E-state index contributed by atoms with van der Waals surface area (Å²) in [5.41, 5.74) is 6.79. The Morgan fingerprint density at radius 3 is 1.35 bits per heavy atom. The lowest BCUT2D eigenvalue weighted by molar-refractivity contribution is 0.0979. The number of hydrogen-bond acceptors (Lipinski definition) is 3. The summed E-state index contributed by atoms with van der Waals surface area (Å²) < 4.78 is 2.04. The molecule has 1 aliphatic carbocycles. The molecule has 0 N–H and O–H groups in total. The van der Waals surface area contributed by atoms with Gasteiger partial charge in [0.15, 0.2) is 11.6 Å². The van der Waals surface area contributed by atoms with E-state index in [1.807, 2.05) is 48.5 Å². The molecule has 178 valence electrons. The molecule has 0 radical (unpaired) electrons. The number of halogens is 2. The third-order valence-electron chi connectivity index (χ3n) is 6.55. The first-order valence-corrected chi connectivity index (χ1v) is 13.3. The molecule has 5 heteroatoms. The molecular formula is C32H19Br2NO2. The first kappa shape index (κ1) is 23.6. The summed E-state index contributed by atoms with van der Waals surface area (Å²) in [4.78, 5) is 28.3. The molecule has 0 spiro atoms. The van der Waals surface area contributed by atoms with Crippen LogP contribution in [-0.4, -0.2) is 11.6 Å². The van der Waals surface area contributed by atoms with Crippen LogP contribution in [0.3, 0.4) is 0 Å². The minimum absolute atomic E-state index is 0.105. The SMILES string of the molecule is O=C1c2ccccc2C(=O)c2cc(-c3ccc(N(c4ccc(Br)cc4)c4ccc(Br)cc4)cc3)ccc21. The third kappa shape index (κ3) is 4.35. The third-order valence-corrected chi connectivity index (χ3v) is 7.61. The zero-order chi connectivity index (χ0) is 25.5. The zero-order valence-electron chi connectivity index (χ0n) is 19.5. The quantitative estimate of drug-likeness (QED) is 0.200. The van der Waals surface area contributed by atoms with Crippen LogP contribution in [-0.2, 0) is 0 Å². The van der Waals surface area contributed by atoms with Crippen molar-refractivity contribution >= 4 is 60.5 Å². The highest BCUT2D eigenvalue weighted by molar-refractivity contribution is 9.10. The van der Waals surface area contributed by atoms with Crippen LogP contribution in [0, 0.1) is 0 Å². The summed E-state index contributed by atoms with van der Waals surface area (Å²) in [5.74, 6) is -0.216. The average Bonchev–Trinajstić information content (AvgIpc) is 2.94. The van der Waals surface area contributed by atoms with Crippen molar-refractivity contribution in [2.24, 2.45) is 0 Å². The Morgan fingerprint density at radius 2 is 0.838 bits per heavy atom. The van der Waals surface area contributed by atoms with Gasteiger partial charge in [-0.1, -0.05) is 74.3 Å². The van der Waals surface area contributed by atoms with Crippen molar-refractivity contribution < 1.29 is 9.59 Å². The maximum absolute atomic E-state index is 13.2. The van der Waals surface area contributed by atoms with Gasteiger partial charge in [-0.05, 0) is 83.9 Å². The van der Waals surface area contributed by atoms with Gasteiger partial charge in [0.1, 0.15) is 0 Å². The summed E-state index contributed by atoms with van der Waals surface area (Å²) in [5, 5.41) is 0. The normalized spacial score (nSPS) is 12.2. The highest BCUT2D eigenvalue weighted by Gasteiger charge is 2.29. The van der Waals surface area contributed by atoms with Crippen LogP contribution in [0.5, 0.6) is 0 Å². The van der Waals surface area contributed by atoms with E-state index in [-0.39, 0.29) is 11.6 Å². The Kier molecular flexibility index (Phi) is 6.11. The molecule has 0 bridgehead atoms. The number of carbonyl (C=O) groups is 2. The van der Waals surface area contributed by atoms with Crippen LogP contribution in [0.2, 0.25) is 0 Å². The number of hydrogen-bond donors (Lipinski definition) is 0. The van der Waals surface area contributed by atoms with Crippen molar-refractivity contribution in [1.82, 2.24) is 0 Å². The van der Waals surface area contributed by atoms with Crippen molar-refractivity contribution in [2.75, 3.05) is 4.90 Å². The van der Waals surface area contributed by atoms with Crippen molar-refractivity contribution in [3.8, 4) is 11.1 Å². The molecule has 0 fully saturated rings. The monoisotopic (exact) mass is 607 g/mol. The molecule has 5 aromatic rings. The van der Waals surface area contributed by atoms with Gasteiger partial charge in [-0.15, -0.1) is 0 Å². The van der Waals surface area contributed by atoms with E-state index in [0.29, 0.717) is 22.3 Å². The van der Waals surface area contributed by atoms with Crippen LogP contribution in [0.1, 0.15) is 31.8 Å². The molecule has 3 nitrogen and oxygen atoms in total. The lowest BCUT2D eigenvalue weighted by Crippen LogP contribution is -2.20. The van der Waals surface area contributed by atoms with Crippen LogP contribution < -0.4 is 4.90 Å². The summed E-state index contributed by atoms with van der Waals surface area (Å²) in [6.45, 7) is 0. The fourth-order valence-corrected chi connectivity index (χ4v) is 5.24. The summed E-state index contributed by atoms with van der Waals surface area (Å²) in [6, 6.07) is 37.2. The van der Waals surface area contributed by atoms with Crippen molar-refractivity contribution in [2.45, 2.75) is 0 Å². The number of anilines is 3. The molecule has 5 aromatic carbocycles. The molecular weight excluding hydrogens is 590 g/mol. The Hall–Kier alpha value is -3.80. The highest BCUT2D eigenvalue weighted by Crippen LogP contribution is 2.37. The number of fused-ring (bicyclic) bond motifs is 2. The Bertz CT molecular complexity index is 1610. The molecule has 0 heterocycles. The topological polar surface area (TPSA) is 37.4 Å². The van der Waals surface area contributed by atoms with E-state index in [1.54, 1.807) is 30.3 Å². The fourth-order valence-electron chi connectivity index (χ4n) is 4.71. The predicted molar refractivity (Wildman–Crippen MR) is 155 cm³/mol. The van der Waals surface area contributed by atoms with Gasteiger partial charge in [0.25, 0.3) is 0 Å². The molecule has 0 atom stereocenters. The van der Waals surface area contributed by atoms with Gasteiger partial charge in [0.2, 0.25) is 0 Å². The van der Waals surface area contributed by atoms with E-state index in [1.165, 1.54) is 0 Å². The minimum atomic E-state index is -0.111. The van der Waals surface area contributed by atoms with E-state index in [0.717, 1.165) is 37.1 Å². The van der Waals surface area contributed by atoms with Gasteiger partial charge in [0.05, 0.1) is 0 Å². The molecule has 0 saturated heterocycles. The van der Waals surface area contributed by atoms with Crippen molar-refractivity contribution in [1.29, 1.82) is 0 Å². The predicted octanol–water partition coefficient (Wildman–Crippen LogP) is 9.12. The molecule has 0 unspecified atom stereocenters. The lowest BCUT2D eigenvalue weighted by Gasteiger charge is -2.26. The summed E-state index contributed by atoms with van der Waals surface area (Å²) in [7, 11) is 0. The van der Waals surface area contributed by atoms with Gasteiger partial charge < -0.3 is 4.90 Å². The molecule has 0 aliphatic heterocycles. The Labute approximate surface area is 231 Å². The maximum atomic E-state index is 13.2. The molecule has 0 saturated carbocycles. The number of carbonyl (C=O) groups excluding carboxylic acids is 2. The van der Waals surface area contributed by atoms with Crippen molar-refractivity contribution in [3.05, 3.63) is 146 Å². The number of ketones is 2. The van der Waals surface area contributed by atoms with Gasteiger partial charge in [0, 0.05) is 48.3 Å². The number of rotatable bonds is 4. The summed E-state index contributed by atoms with van der Waals surface area (Å²) in [6.07, 6.45) is 0. The second-order valence-electron chi connectivity index (χ2n) is 8.80. The number of nitrogens with zero attached hydrogens (tertiary/aromatic N) is 1. The van der Waals surface area contributed by atoms with E-state index < -0.39 is 0 Å². The highest BCUT2D eigenvalue weighted by atomic mass is 79.9. The second kappa shape index (κ2) is 9.58. The molecule has 6 rings (SSSR count). The van der Waals surface area contributed by atoms with E-state index >= 15 is 0 Å². The first-order valence-electron chi connectivity index (χ1n) is 11.7. The summed E-state index contributed by atoms with van der Waals surface area (Å²) >= 11 is 7.05. The largest absolute Gasteiger partial charge is 0.311 e. The standard InChI is InChI=1S/C32H19Br2NO2/c33-22-8-14-25(15-9-22)35(26-16-10-23(34)11-17-26)24-12-5-20(6-13-24)21-7-18-29-30(19-21)32(37)28-4-2-1-3-27(28)31(29)36/h1-19H. The molecule has 0 aromatic heterocycles. The fraction of sp³-hybridized carbons (Fsp3) is 0. The van der Waals surface area contributed by atoms with Crippen LogP contribution >= 0.6 is 31.9 Å². The molecule has 1 aliphatic rings.